The first-order chi connectivity index (χ1) is 6.75. The van der Waals surface area contributed by atoms with Crippen molar-refractivity contribution in [2.24, 2.45) is 0 Å². The lowest BCUT2D eigenvalue weighted by Gasteiger charge is -2.34. The van der Waals surface area contributed by atoms with Gasteiger partial charge in [0.1, 0.15) is 0 Å². The second-order valence-electron chi connectivity index (χ2n) is 3.59. The van der Waals surface area contributed by atoms with Crippen LogP contribution in [0.5, 0.6) is 0 Å². The number of piperazine rings is 1. The van der Waals surface area contributed by atoms with Crippen molar-refractivity contribution < 1.29 is 9.53 Å². The Labute approximate surface area is 97.8 Å². The summed E-state index contributed by atoms with van der Waals surface area (Å²) >= 11 is 0. The molecule has 1 atom stereocenters. The summed E-state index contributed by atoms with van der Waals surface area (Å²) < 4.78 is 5.17. The van der Waals surface area contributed by atoms with E-state index < -0.39 is 0 Å². The first kappa shape index (κ1) is 14.7. The highest BCUT2D eigenvalue weighted by atomic mass is 35.5. The largest absolute Gasteiger partial charge is 0.381 e. The summed E-state index contributed by atoms with van der Waals surface area (Å²) in [6.07, 6.45) is 0.512. The summed E-state index contributed by atoms with van der Waals surface area (Å²) in [5.74, 6) is 0.215. The molecule has 1 heterocycles. The second kappa shape index (κ2) is 7.91. The van der Waals surface area contributed by atoms with Crippen LogP contribution in [0.25, 0.3) is 0 Å². The molecule has 0 unspecified atom stereocenters. The van der Waals surface area contributed by atoms with Crippen LogP contribution in [0.2, 0.25) is 0 Å². The number of halogens is 1. The molecule has 1 amide bonds. The summed E-state index contributed by atoms with van der Waals surface area (Å²) in [6, 6.07) is 0.317. The molecule has 4 nitrogen and oxygen atoms in total. The van der Waals surface area contributed by atoms with Gasteiger partial charge in [-0.05, 0) is 13.8 Å². The fourth-order valence-corrected chi connectivity index (χ4v) is 1.66. The van der Waals surface area contributed by atoms with E-state index in [9.17, 15) is 4.79 Å². The molecule has 0 aromatic heterocycles. The molecule has 0 aromatic carbocycles. The number of carbonyl (C=O) groups excluding carboxylic acids is 1. The zero-order valence-electron chi connectivity index (χ0n) is 9.49. The fourth-order valence-electron chi connectivity index (χ4n) is 1.66. The topological polar surface area (TPSA) is 41.6 Å². The predicted octanol–water partition coefficient (Wildman–Crippen LogP) is 0.655. The Hall–Kier alpha value is -0.320. The molecular formula is C10H21ClN2O2. The first-order valence-corrected chi connectivity index (χ1v) is 5.33. The highest BCUT2D eigenvalue weighted by Gasteiger charge is 2.22. The first-order valence-electron chi connectivity index (χ1n) is 5.33. The molecule has 1 N–H and O–H groups in total. The van der Waals surface area contributed by atoms with Gasteiger partial charge in [-0.3, -0.25) is 4.79 Å². The molecule has 15 heavy (non-hydrogen) atoms. The maximum atomic E-state index is 11.7. The van der Waals surface area contributed by atoms with Crippen LogP contribution in [0.1, 0.15) is 20.3 Å². The molecule has 1 aliphatic rings. The molecule has 90 valence electrons. The highest BCUT2D eigenvalue weighted by Crippen LogP contribution is 2.04. The van der Waals surface area contributed by atoms with Gasteiger partial charge in [0.2, 0.25) is 5.91 Å². The molecule has 0 radical (unpaired) electrons. The lowest BCUT2D eigenvalue weighted by atomic mass is 10.2. The van der Waals surface area contributed by atoms with E-state index in [0.717, 1.165) is 19.6 Å². The second-order valence-corrected chi connectivity index (χ2v) is 3.59. The summed E-state index contributed by atoms with van der Waals surface area (Å²) in [5.41, 5.74) is 0. The van der Waals surface area contributed by atoms with Crippen LogP contribution in [0.3, 0.4) is 0 Å². The van der Waals surface area contributed by atoms with Crippen LogP contribution in [-0.2, 0) is 9.53 Å². The molecular weight excluding hydrogens is 216 g/mol. The van der Waals surface area contributed by atoms with Crippen molar-refractivity contribution in [2.75, 3.05) is 32.8 Å². The molecule has 0 aromatic rings. The van der Waals surface area contributed by atoms with Gasteiger partial charge in [-0.1, -0.05) is 0 Å². The van der Waals surface area contributed by atoms with Crippen LogP contribution < -0.4 is 5.32 Å². The van der Waals surface area contributed by atoms with Crippen molar-refractivity contribution in [3.8, 4) is 0 Å². The van der Waals surface area contributed by atoms with Gasteiger partial charge in [-0.25, -0.2) is 0 Å². The Morgan fingerprint density at radius 3 is 2.93 bits per heavy atom. The van der Waals surface area contributed by atoms with Gasteiger partial charge in [0, 0.05) is 32.3 Å². The van der Waals surface area contributed by atoms with Gasteiger partial charge in [0.25, 0.3) is 0 Å². The van der Waals surface area contributed by atoms with Crippen LogP contribution in [0.15, 0.2) is 0 Å². The van der Waals surface area contributed by atoms with Gasteiger partial charge in [-0.2, -0.15) is 0 Å². The third-order valence-corrected chi connectivity index (χ3v) is 2.49. The number of hydrogen-bond donors (Lipinski definition) is 1. The summed E-state index contributed by atoms with van der Waals surface area (Å²) in [5, 5.41) is 3.26. The Kier molecular flexibility index (Phi) is 7.74. The van der Waals surface area contributed by atoms with Gasteiger partial charge in [0.05, 0.1) is 13.0 Å². The van der Waals surface area contributed by atoms with E-state index in [4.69, 9.17) is 4.74 Å². The Morgan fingerprint density at radius 2 is 2.33 bits per heavy atom. The number of hydrogen-bond acceptors (Lipinski definition) is 3. The molecule has 0 spiro atoms. The van der Waals surface area contributed by atoms with E-state index in [1.807, 2.05) is 11.8 Å². The minimum atomic E-state index is 0. The van der Waals surface area contributed by atoms with Crippen LogP contribution in [0, 0.1) is 0 Å². The zero-order chi connectivity index (χ0) is 10.4. The van der Waals surface area contributed by atoms with Crippen LogP contribution in [-0.4, -0.2) is 49.7 Å². The fraction of sp³-hybridized carbons (Fsp3) is 0.900. The van der Waals surface area contributed by atoms with E-state index >= 15 is 0 Å². The molecule has 5 heteroatoms. The number of rotatable bonds is 4. The zero-order valence-corrected chi connectivity index (χ0v) is 10.3. The smallest absolute Gasteiger partial charge is 0.225 e. The third-order valence-electron chi connectivity index (χ3n) is 2.49. The molecule has 1 saturated heterocycles. The Morgan fingerprint density at radius 1 is 1.60 bits per heavy atom. The van der Waals surface area contributed by atoms with Gasteiger partial charge in [0.15, 0.2) is 0 Å². The van der Waals surface area contributed by atoms with Crippen molar-refractivity contribution >= 4 is 18.3 Å². The van der Waals surface area contributed by atoms with E-state index in [2.05, 4.69) is 12.2 Å². The van der Waals surface area contributed by atoms with Gasteiger partial charge in [-0.15, -0.1) is 12.4 Å². The summed E-state index contributed by atoms with van der Waals surface area (Å²) in [4.78, 5) is 13.6. The number of carbonyl (C=O) groups is 1. The van der Waals surface area contributed by atoms with E-state index in [-0.39, 0.29) is 18.3 Å². The van der Waals surface area contributed by atoms with Crippen LogP contribution >= 0.6 is 12.4 Å². The Bertz CT molecular complexity index is 190. The summed E-state index contributed by atoms with van der Waals surface area (Å²) in [7, 11) is 0. The standard InChI is InChI=1S/C10H20N2O2.ClH/c1-3-14-7-4-10(13)12-6-5-11-8-9(12)2;/h9,11H,3-8H2,1-2H3;1H/t9-;/m0./s1. The van der Waals surface area contributed by atoms with Gasteiger partial charge >= 0.3 is 0 Å². The molecule has 1 rings (SSSR count). The molecule has 1 aliphatic heterocycles. The number of nitrogens with zero attached hydrogens (tertiary/aromatic N) is 1. The van der Waals surface area contributed by atoms with Gasteiger partial charge < -0.3 is 15.0 Å². The number of nitrogens with one attached hydrogen (secondary N) is 1. The van der Waals surface area contributed by atoms with Crippen molar-refractivity contribution in [1.29, 1.82) is 0 Å². The summed E-state index contributed by atoms with van der Waals surface area (Å²) in [6.45, 7) is 7.89. The average molecular weight is 237 g/mol. The molecule has 0 saturated carbocycles. The molecule has 1 fully saturated rings. The SMILES string of the molecule is CCOCCC(=O)N1CCNC[C@@H]1C.Cl. The molecule has 0 bridgehead atoms. The van der Waals surface area contributed by atoms with E-state index in [0.29, 0.717) is 25.7 Å². The number of ether oxygens (including phenoxy) is 1. The van der Waals surface area contributed by atoms with Crippen molar-refractivity contribution in [1.82, 2.24) is 10.2 Å². The molecule has 0 aliphatic carbocycles. The quantitative estimate of drug-likeness (QED) is 0.729. The lowest BCUT2D eigenvalue weighted by Crippen LogP contribution is -2.52. The Balaban J connectivity index is 0.00000196. The maximum absolute atomic E-state index is 11.7. The highest BCUT2D eigenvalue weighted by molar-refractivity contribution is 5.85. The van der Waals surface area contributed by atoms with Crippen LogP contribution in [0.4, 0.5) is 0 Å². The van der Waals surface area contributed by atoms with E-state index in [1.165, 1.54) is 0 Å². The van der Waals surface area contributed by atoms with E-state index in [1.54, 1.807) is 0 Å². The predicted molar refractivity (Wildman–Crippen MR) is 62.4 cm³/mol. The minimum Gasteiger partial charge on any atom is -0.381 e. The maximum Gasteiger partial charge on any atom is 0.225 e. The third kappa shape index (κ3) is 4.82. The number of amides is 1. The monoisotopic (exact) mass is 236 g/mol. The van der Waals surface area contributed by atoms with Crippen molar-refractivity contribution in [3.05, 3.63) is 0 Å². The van der Waals surface area contributed by atoms with Crippen molar-refractivity contribution in [3.63, 3.8) is 0 Å². The normalized spacial score (nSPS) is 20.9. The average Bonchev–Trinajstić information content (AvgIpc) is 2.18. The van der Waals surface area contributed by atoms with Crippen molar-refractivity contribution in [2.45, 2.75) is 26.3 Å². The lowest BCUT2D eigenvalue weighted by molar-refractivity contribution is -0.135. The minimum absolute atomic E-state index is 0.